The fourth-order valence-corrected chi connectivity index (χ4v) is 2.72. The summed E-state index contributed by atoms with van der Waals surface area (Å²) in [5, 5.41) is 12.2. The Morgan fingerprint density at radius 1 is 1.00 bits per heavy atom. The van der Waals surface area contributed by atoms with Crippen LogP contribution < -0.4 is 14.8 Å². The van der Waals surface area contributed by atoms with Gasteiger partial charge in [0, 0.05) is 11.8 Å². The summed E-state index contributed by atoms with van der Waals surface area (Å²) < 4.78 is 15.7. The summed E-state index contributed by atoms with van der Waals surface area (Å²) in [4.78, 5) is 23.9. The van der Waals surface area contributed by atoms with E-state index in [4.69, 9.17) is 14.2 Å². The number of anilines is 1. The second-order valence-electron chi connectivity index (χ2n) is 6.72. The molecule has 0 heterocycles. The van der Waals surface area contributed by atoms with Gasteiger partial charge in [0.25, 0.3) is 5.91 Å². The Morgan fingerprint density at radius 2 is 1.75 bits per heavy atom. The van der Waals surface area contributed by atoms with Crippen LogP contribution in [0.1, 0.15) is 11.1 Å². The van der Waals surface area contributed by atoms with Crippen LogP contribution in [-0.4, -0.2) is 30.7 Å². The van der Waals surface area contributed by atoms with Gasteiger partial charge in [0.05, 0.1) is 7.11 Å². The molecule has 7 nitrogen and oxygen atoms in total. The molecule has 0 saturated heterocycles. The molecule has 0 radical (unpaired) electrons. The van der Waals surface area contributed by atoms with Crippen molar-refractivity contribution in [1.29, 1.82) is 0 Å². The molecular formula is C25H23NO6. The van der Waals surface area contributed by atoms with Crippen LogP contribution >= 0.6 is 0 Å². The van der Waals surface area contributed by atoms with Gasteiger partial charge in [-0.3, -0.25) is 4.79 Å². The highest BCUT2D eigenvalue weighted by Gasteiger charge is 2.07. The number of hydrogen-bond acceptors (Lipinski definition) is 6. The van der Waals surface area contributed by atoms with Crippen molar-refractivity contribution in [2.24, 2.45) is 0 Å². The Morgan fingerprint density at radius 3 is 2.47 bits per heavy atom. The Kier molecular flexibility index (Phi) is 7.86. The molecule has 0 aliphatic rings. The average molecular weight is 433 g/mol. The molecule has 0 aromatic heterocycles. The lowest BCUT2D eigenvalue weighted by molar-refractivity contribution is -0.142. The van der Waals surface area contributed by atoms with Crippen LogP contribution in [0, 0.1) is 0 Å². The van der Waals surface area contributed by atoms with E-state index in [-0.39, 0.29) is 11.5 Å². The van der Waals surface area contributed by atoms with Gasteiger partial charge < -0.3 is 24.6 Å². The van der Waals surface area contributed by atoms with E-state index in [9.17, 15) is 14.7 Å². The second-order valence-corrected chi connectivity index (χ2v) is 6.72. The number of hydrogen-bond donors (Lipinski definition) is 2. The highest BCUT2D eigenvalue weighted by Crippen LogP contribution is 2.26. The van der Waals surface area contributed by atoms with Crippen LogP contribution in [0.4, 0.5) is 5.69 Å². The average Bonchev–Trinajstić information content (AvgIpc) is 2.82. The first-order valence-electron chi connectivity index (χ1n) is 9.82. The van der Waals surface area contributed by atoms with Crippen LogP contribution in [0.5, 0.6) is 17.2 Å². The Bertz CT molecular complexity index is 1080. The van der Waals surface area contributed by atoms with Gasteiger partial charge in [0.15, 0.2) is 18.1 Å². The van der Waals surface area contributed by atoms with E-state index in [1.165, 1.54) is 25.3 Å². The first kappa shape index (κ1) is 22.4. The van der Waals surface area contributed by atoms with Crippen molar-refractivity contribution >= 4 is 23.6 Å². The van der Waals surface area contributed by atoms with E-state index in [0.29, 0.717) is 23.6 Å². The first-order chi connectivity index (χ1) is 15.5. The number of carbonyl (C=O) groups is 2. The summed E-state index contributed by atoms with van der Waals surface area (Å²) in [6.45, 7) is 0.0290. The molecule has 0 aliphatic heterocycles. The number of benzene rings is 3. The predicted molar refractivity (Wildman–Crippen MR) is 120 cm³/mol. The van der Waals surface area contributed by atoms with E-state index < -0.39 is 18.5 Å². The highest BCUT2D eigenvalue weighted by atomic mass is 16.5. The quantitative estimate of drug-likeness (QED) is 0.389. The normalized spacial score (nSPS) is 10.5. The Balaban J connectivity index is 1.42. The van der Waals surface area contributed by atoms with Gasteiger partial charge in [0.2, 0.25) is 0 Å². The van der Waals surface area contributed by atoms with E-state index in [1.54, 1.807) is 36.4 Å². The number of rotatable bonds is 9. The van der Waals surface area contributed by atoms with Crippen LogP contribution in [0.25, 0.3) is 6.08 Å². The third-order valence-electron chi connectivity index (χ3n) is 4.35. The molecule has 0 spiro atoms. The standard InChI is InChI=1S/C25H23NO6/c1-30-23-15-18(7-13-22(23)27)8-14-25(29)32-17-24(28)26-20-9-11-21(12-10-20)31-16-19-5-3-2-4-6-19/h2-15,27H,16-17H2,1H3,(H,26,28)/b14-8+. The van der Waals surface area contributed by atoms with Crippen molar-refractivity contribution in [3.63, 3.8) is 0 Å². The molecule has 0 fully saturated rings. The van der Waals surface area contributed by atoms with E-state index in [2.05, 4.69) is 5.32 Å². The minimum absolute atomic E-state index is 0.000290. The zero-order valence-electron chi connectivity index (χ0n) is 17.5. The molecule has 3 rings (SSSR count). The van der Waals surface area contributed by atoms with Crippen LogP contribution in [0.3, 0.4) is 0 Å². The van der Waals surface area contributed by atoms with Crippen LogP contribution in [0.15, 0.2) is 78.9 Å². The molecule has 32 heavy (non-hydrogen) atoms. The molecule has 164 valence electrons. The summed E-state index contributed by atoms with van der Waals surface area (Å²) in [7, 11) is 1.43. The molecule has 0 atom stereocenters. The van der Waals surface area contributed by atoms with Gasteiger partial charge in [-0.25, -0.2) is 4.79 Å². The molecule has 3 aromatic carbocycles. The van der Waals surface area contributed by atoms with Gasteiger partial charge in [-0.15, -0.1) is 0 Å². The summed E-state index contributed by atoms with van der Waals surface area (Å²) in [5.41, 5.74) is 2.26. The third kappa shape index (κ3) is 6.91. The molecule has 3 aromatic rings. The molecular weight excluding hydrogens is 410 g/mol. The summed E-state index contributed by atoms with van der Waals surface area (Å²) >= 11 is 0. The van der Waals surface area contributed by atoms with Gasteiger partial charge in [-0.05, 0) is 53.6 Å². The third-order valence-corrected chi connectivity index (χ3v) is 4.35. The summed E-state index contributed by atoms with van der Waals surface area (Å²) in [6, 6.07) is 21.3. The minimum Gasteiger partial charge on any atom is -0.504 e. The Labute approximate surface area is 185 Å². The van der Waals surface area contributed by atoms with Gasteiger partial charge in [0.1, 0.15) is 12.4 Å². The van der Waals surface area contributed by atoms with Crippen molar-refractivity contribution in [1.82, 2.24) is 0 Å². The zero-order valence-corrected chi connectivity index (χ0v) is 17.5. The fraction of sp³-hybridized carbons (Fsp3) is 0.120. The van der Waals surface area contributed by atoms with Crippen molar-refractivity contribution < 1.29 is 28.9 Å². The number of carbonyl (C=O) groups excluding carboxylic acids is 2. The molecule has 2 N–H and O–H groups in total. The van der Waals surface area contributed by atoms with Crippen molar-refractivity contribution in [2.75, 3.05) is 19.0 Å². The number of phenols is 1. The van der Waals surface area contributed by atoms with Crippen molar-refractivity contribution in [3.05, 3.63) is 90.0 Å². The fourth-order valence-electron chi connectivity index (χ4n) is 2.72. The molecule has 1 amide bonds. The van der Waals surface area contributed by atoms with E-state index >= 15 is 0 Å². The monoisotopic (exact) mass is 433 g/mol. The molecule has 7 heteroatoms. The highest BCUT2D eigenvalue weighted by molar-refractivity contribution is 5.94. The van der Waals surface area contributed by atoms with Crippen LogP contribution in [0.2, 0.25) is 0 Å². The molecule has 0 aliphatic carbocycles. The van der Waals surface area contributed by atoms with Crippen molar-refractivity contribution in [3.8, 4) is 17.2 Å². The van der Waals surface area contributed by atoms with E-state index in [1.807, 2.05) is 30.3 Å². The number of amides is 1. The van der Waals surface area contributed by atoms with Gasteiger partial charge in [-0.2, -0.15) is 0 Å². The topological polar surface area (TPSA) is 94.1 Å². The first-order valence-corrected chi connectivity index (χ1v) is 9.82. The molecule has 0 bridgehead atoms. The minimum atomic E-state index is -0.670. The Hall–Kier alpha value is -4.26. The van der Waals surface area contributed by atoms with E-state index in [0.717, 1.165) is 5.56 Å². The lowest BCUT2D eigenvalue weighted by Crippen LogP contribution is -2.20. The summed E-state index contributed by atoms with van der Waals surface area (Å²) in [6.07, 6.45) is 2.69. The number of ether oxygens (including phenoxy) is 3. The molecule has 0 saturated carbocycles. The maximum atomic E-state index is 12.0. The lowest BCUT2D eigenvalue weighted by Gasteiger charge is -2.08. The summed E-state index contributed by atoms with van der Waals surface area (Å²) in [5.74, 6) is -0.168. The zero-order chi connectivity index (χ0) is 22.8. The maximum Gasteiger partial charge on any atom is 0.331 e. The number of phenolic OH excluding ortho intramolecular Hbond substituents is 1. The number of nitrogens with one attached hydrogen (secondary N) is 1. The lowest BCUT2D eigenvalue weighted by atomic mass is 10.2. The molecule has 0 unspecified atom stereocenters. The van der Waals surface area contributed by atoms with Crippen molar-refractivity contribution in [2.45, 2.75) is 6.61 Å². The van der Waals surface area contributed by atoms with Gasteiger partial charge >= 0.3 is 5.97 Å². The van der Waals surface area contributed by atoms with Crippen LogP contribution in [-0.2, 0) is 20.9 Å². The smallest absolute Gasteiger partial charge is 0.331 e. The number of esters is 1. The largest absolute Gasteiger partial charge is 0.504 e. The number of methoxy groups -OCH3 is 1. The maximum absolute atomic E-state index is 12.0. The van der Waals surface area contributed by atoms with Gasteiger partial charge in [-0.1, -0.05) is 36.4 Å². The number of aromatic hydroxyl groups is 1. The second kappa shape index (κ2) is 11.2. The SMILES string of the molecule is COc1cc(/C=C/C(=O)OCC(=O)Nc2ccc(OCc3ccccc3)cc2)ccc1O. The predicted octanol–water partition coefficient (Wildman–Crippen LogP) is 4.17.